The molecule has 1 aromatic heterocycles. The zero-order chi connectivity index (χ0) is 31.9. The Morgan fingerprint density at radius 3 is 2.35 bits per heavy atom. The van der Waals surface area contributed by atoms with Gasteiger partial charge in [0.25, 0.3) is 0 Å². The molecule has 4 N–H and O–H groups in total. The summed E-state index contributed by atoms with van der Waals surface area (Å²) < 4.78 is 0. The van der Waals surface area contributed by atoms with E-state index in [1.165, 1.54) is 4.90 Å². The lowest BCUT2D eigenvalue weighted by atomic mass is 9.85. The van der Waals surface area contributed by atoms with Gasteiger partial charge < -0.3 is 26.0 Å². The molecule has 1 aromatic carbocycles. The Hall–Kier alpha value is -3.31. The van der Waals surface area contributed by atoms with Crippen molar-refractivity contribution in [1.82, 2.24) is 25.8 Å². The highest BCUT2D eigenvalue weighted by molar-refractivity contribution is 7.13. The summed E-state index contributed by atoms with van der Waals surface area (Å²) >= 11 is 1.58. The molecule has 2 aromatic rings. The average Bonchev–Trinajstić information content (AvgIpc) is 3.54. The van der Waals surface area contributed by atoms with Crippen molar-refractivity contribution in [1.29, 1.82) is 0 Å². The van der Waals surface area contributed by atoms with E-state index in [9.17, 15) is 24.3 Å². The number of rotatable bonds is 12. The van der Waals surface area contributed by atoms with Gasteiger partial charge in [-0.2, -0.15) is 0 Å². The molecule has 236 valence electrons. The Morgan fingerprint density at radius 2 is 1.79 bits per heavy atom. The molecule has 2 heterocycles. The molecular weight excluding hydrogens is 566 g/mol. The van der Waals surface area contributed by atoms with Gasteiger partial charge in [-0.3, -0.25) is 19.2 Å². The van der Waals surface area contributed by atoms with E-state index in [4.69, 9.17) is 0 Å². The molecule has 0 bridgehead atoms. The van der Waals surface area contributed by atoms with E-state index in [0.717, 1.165) is 21.7 Å². The second kappa shape index (κ2) is 14.9. The normalized spacial score (nSPS) is 18.3. The van der Waals surface area contributed by atoms with Crippen molar-refractivity contribution in [3.8, 4) is 10.4 Å². The Balaban J connectivity index is 1.71. The number of carbonyl (C=O) groups excluding carboxylic acids is 4. The zero-order valence-corrected chi connectivity index (χ0v) is 27.2. The van der Waals surface area contributed by atoms with Crippen LogP contribution in [0.3, 0.4) is 0 Å². The topological polar surface area (TPSA) is 141 Å². The van der Waals surface area contributed by atoms with Crippen molar-refractivity contribution < 1.29 is 24.3 Å². The number of aromatic nitrogens is 1. The summed E-state index contributed by atoms with van der Waals surface area (Å²) in [5, 5.41) is 19.1. The zero-order valence-electron chi connectivity index (χ0n) is 26.4. The fourth-order valence-corrected chi connectivity index (χ4v) is 6.03. The predicted molar refractivity (Wildman–Crippen MR) is 168 cm³/mol. The van der Waals surface area contributed by atoms with E-state index in [-0.39, 0.29) is 37.2 Å². The lowest BCUT2D eigenvalue weighted by Crippen LogP contribution is -2.60. The number of nitrogens with zero attached hydrogens (tertiary/aromatic N) is 2. The number of β-amino-alcohol motifs (C(OH)–C–C–N with tert-alkyl or cyclic N) is 1. The summed E-state index contributed by atoms with van der Waals surface area (Å²) in [5.41, 5.74) is 4.04. The monoisotopic (exact) mass is 613 g/mol. The SMILES string of the molecule is CCCC(=O)NC(CC(C)C)C(=O)NC(C(=O)N1CC(O)CC1C(=O)NCc1ccc(-c2scnc2C)cc1)C(C)(C)C. The number of thiazole rings is 1. The summed E-state index contributed by atoms with van der Waals surface area (Å²) in [4.78, 5) is 59.8. The van der Waals surface area contributed by atoms with Crippen LogP contribution in [0.4, 0.5) is 0 Å². The fourth-order valence-electron chi connectivity index (χ4n) is 5.22. The minimum Gasteiger partial charge on any atom is -0.391 e. The Bertz CT molecular complexity index is 1270. The number of benzene rings is 1. The van der Waals surface area contributed by atoms with Crippen molar-refractivity contribution in [3.05, 3.63) is 41.0 Å². The number of likely N-dealkylation sites (tertiary alicyclic amines) is 1. The number of aryl methyl sites for hydroxylation is 1. The molecule has 4 amide bonds. The number of nitrogens with one attached hydrogen (secondary N) is 3. The number of amides is 4. The van der Waals surface area contributed by atoms with Crippen LogP contribution >= 0.6 is 11.3 Å². The fraction of sp³-hybridized carbons (Fsp3) is 0.594. The number of aliphatic hydroxyl groups is 1. The van der Waals surface area contributed by atoms with E-state index in [1.54, 1.807) is 11.3 Å². The Morgan fingerprint density at radius 1 is 1.12 bits per heavy atom. The molecular formula is C32H47N5O5S. The summed E-state index contributed by atoms with van der Waals surface area (Å²) in [6, 6.07) is 5.24. The molecule has 0 spiro atoms. The molecule has 0 saturated carbocycles. The van der Waals surface area contributed by atoms with Crippen LogP contribution in [0.1, 0.15) is 78.5 Å². The maximum atomic E-state index is 13.9. The molecule has 1 aliphatic rings. The predicted octanol–water partition coefficient (Wildman–Crippen LogP) is 3.56. The van der Waals surface area contributed by atoms with Crippen molar-refractivity contribution in [2.75, 3.05) is 6.54 Å². The minimum atomic E-state index is -0.971. The van der Waals surface area contributed by atoms with Gasteiger partial charge in [-0.05, 0) is 42.2 Å². The molecule has 11 heteroatoms. The smallest absolute Gasteiger partial charge is 0.246 e. The minimum absolute atomic E-state index is 0.00900. The van der Waals surface area contributed by atoms with E-state index in [0.29, 0.717) is 19.3 Å². The van der Waals surface area contributed by atoms with Gasteiger partial charge in [-0.15, -0.1) is 11.3 Å². The molecule has 0 aliphatic carbocycles. The molecule has 1 aliphatic heterocycles. The highest BCUT2D eigenvalue weighted by atomic mass is 32.1. The molecule has 4 atom stereocenters. The lowest BCUT2D eigenvalue weighted by Gasteiger charge is -2.36. The standard InChI is InChI=1S/C32H47N5O5S/c1-8-9-26(39)35-24(14-19(2)3)29(40)36-28(32(5,6)7)31(42)37-17-23(38)15-25(37)30(41)33-16-21-10-12-22(13-11-21)27-20(4)34-18-43-27/h10-13,18-19,23-25,28,38H,8-9,14-17H2,1-7H3,(H,33,41)(H,35,39)(H,36,40). The second-order valence-corrected chi connectivity index (χ2v) is 13.7. The van der Waals surface area contributed by atoms with Crippen molar-refractivity contribution >= 4 is 35.0 Å². The first-order valence-electron chi connectivity index (χ1n) is 15.1. The third-order valence-electron chi connectivity index (χ3n) is 7.53. The van der Waals surface area contributed by atoms with Crippen LogP contribution in [0, 0.1) is 18.3 Å². The third kappa shape index (κ3) is 9.34. The van der Waals surface area contributed by atoms with Gasteiger partial charge >= 0.3 is 0 Å². The largest absolute Gasteiger partial charge is 0.391 e. The number of aliphatic hydroxyl groups excluding tert-OH is 1. The van der Waals surface area contributed by atoms with E-state index in [2.05, 4.69) is 20.9 Å². The van der Waals surface area contributed by atoms with E-state index in [1.807, 2.05) is 78.2 Å². The van der Waals surface area contributed by atoms with Crippen LogP contribution < -0.4 is 16.0 Å². The van der Waals surface area contributed by atoms with Crippen LogP contribution in [0.2, 0.25) is 0 Å². The van der Waals surface area contributed by atoms with Gasteiger partial charge in [0.1, 0.15) is 18.1 Å². The molecule has 1 fully saturated rings. The summed E-state index contributed by atoms with van der Waals surface area (Å²) in [6.07, 6.45) is 0.630. The maximum Gasteiger partial charge on any atom is 0.246 e. The van der Waals surface area contributed by atoms with Crippen LogP contribution in [-0.4, -0.2) is 69.4 Å². The van der Waals surface area contributed by atoms with Crippen molar-refractivity contribution in [3.63, 3.8) is 0 Å². The van der Waals surface area contributed by atoms with Crippen LogP contribution in [0.5, 0.6) is 0 Å². The van der Waals surface area contributed by atoms with Gasteiger partial charge in [-0.25, -0.2) is 4.98 Å². The van der Waals surface area contributed by atoms with Crippen molar-refractivity contribution in [2.24, 2.45) is 11.3 Å². The number of hydrogen-bond acceptors (Lipinski definition) is 7. The Labute approximate surface area is 259 Å². The quantitative estimate of drug-likeness (QED) is 0.289. The average molecular weight is 614 g/mol. The van der Waals surface area contributed by atoms with Gasteiger partial charge in [0.2, 0.25) is 23.6 Å². The summed E-state index contributed by atoms with van der Waals surface area (Å²) in [5.74, 6) is -1.32. The molecule has 10 nitrogen and oxygen atoms in total. The van der Waals surface area contributed by atoms with Gasteiger partial charge in [0, 0.05) is 25.9 Å². The molecule has 4 unspecified atom stereocenters. The van der Waals surface area contributed by atoms with Crippen molar-refractivity contribution in [2.45, 2.75) is 105 Å². The number of hydrogen-bond donors (Lipinski definition) is 4. The van der Waals surface area contributed by atoms with Gasteiger partial charge in [0.15, 0.2) is 0 Å². The summed E-state index contributed by atoms with van der Waals surface area (Å²) in [7, 11) is 0. The third-order valence-corrected chi connectivity index (χ3v) is 8.51. The first-order chi connectivity index (χ1) is 20.2. The molecule has 0 radical (unpaired) electrons. The van der Waals surface area contributed by atoms with Gasteiger partial charge in [0.05, 0.1) is 22.2 Å². The van der Waals surface area contributed by atoms with Crippen LogP contribution in [0.15, 0.2) is 29.8 Å². The highest BCUT2D eigenvalue weighted by Crippen LogP contribution is 2.28. The van der Waals surface area contributed by atoms with Gasteiger partial charge in [-0.1, -0.05) is 65.8 Å². The number of carbonyl (C=O) groups is 4. The molecule has 43 heavy (non-hydrogen) atoms. The van der Waals surface area contributed by atoms with Crippen LogP contribution in [-0.2, 0) is 25.7 Å². The van der Waals surface area contributed by atoms with Crippen LogP contribution in [0.25, 0.3) is 10.4 Å². The molecule has 1 saturated heterocycles. The highest BCUT2D eigenvalue weighted by Gasteiger charge is 2.45. The first-order valence-corrected chi connectivity index (χ1v) is 15.9. The van der Waals surface area contributed by atoms with E-state index >= 15 is 0 Å². The Kier molecular flexibility index (Phi) is 11.9. The summed E-state index contributed by atoms with van der Waals surface area (Å²) in [6.45, 7) is 13.5. The second-order valence-electron chi connectivity index (χ2n) is 12.9. The maximum absolute atomic E-state index is 13.9. The first kappa shape index (κ1) is 34.2. The van der Waals surface area contributed by atoms with E-state index < -0.39 is 41.5 Å². The molecule has 3 rings (SSSR count). The lowest BCUT2D eigenvalue weighted by molar-refractivity contribution is -0.144.